The number of likely N-dealkylation sites (tertiary alicyclic amines) is 1. The van der Waals surface area contributed by atoms with Gasteiger partial charge in [0.05, 0.1) is 0 Å². The van der Waals surface area contributed by atoms with E-state index in [4.69, 9.17) is 4.74 Å². The van der Waals surface area contributed by atoms with Crippen molar-refractivity contribution in [3.05, 3.63) is 29.3 Å². The number of ether oxygens (including phenoxy) is 1. The van der Waals surface area contributed by atoms with Crippen molar-refractivity contribution in [2.75, 3.05) is 13.1 Å². The molecule has 3 atom stereocenters. The second-order valence-corrected chi connectivity index (χ2v) is 9.94. The summed E-state index contributed by atoms with van der Waals surface area (Å²) in [5, 5.41) is 12.3. The van der Waals surface area contributed by atoms with Crippen molar-refractivity contribution in [1.29, 1.82) is 0 Å². The van der Waals surface area contributed by atoms with E-state index in [-0.39, 0.29) is 69.3 Å². The van der Waals surface area contributed by atoms with E-state index < -0.39 is 23.7 Å². The Hall–Kier alpha value is -2.66. The lowest BCUT2D eigenvalue weighted by Gasteiger charge is -2.42. The summed E-state index contributed by atoms with van der Waals surface area (Å²) in [6, 6.07) is 4.44. The number of nitrogens with zero attached hydrogens (tertiary/aromatic N) is 2. The number of hydrogen-bond acceptors (Lipinski definition) is 6. The van der Waals surface area contributed by atoms with E-state index in [1.54, 1.807) is 18.2 Å². The van der Waals surface area contributed by atoms with Gasteiger partial charge < -0.3 is 14.7 Å². The zero-order valence-electron chi connectivity index (χ0n) is 19.1. The van der Waals surface area contributed by atoms with Crippen molar-refractivity contribution in [3.63, 3.8) is 0 Å². The van der Waals surface area contributed by atoms with Crippen LogP contribution in [-0.4, -0.2) is 75.7 Å². The van der Waals surface area contributed by atoms with Crippen LogP contribution in [0.3, 0.4) is 0 Å². The number of nitrogens with one attached hydrogen (secondary N) is 1. The number of halogens is 3. The normalized spacial score (nSPS) is 29.3. The largest absolute Gasteiger partial charge is 0.489 e. The second-order valence-electron chi connectivity index (χ2n) is 9.94. The van der Waals surface area contributed by atoms with Gasteiger partial charge in [0.1, 0.15) is 17.9 Å². The Morgan fingerprint density at radius 2 is 1.83 bits per heavy atom. The van der Waals surface area contributed by atoms with Crippen LogP contribution < -0.4 is 10.1 Å². The number of imide groups is 1. The van der Waals surface area contributed by atoms with Gasteiger partial charge in [0.25, 0.3) is 5.91 Å². The number of aliphatic hydroxyl groups is 1. The lowest BCUT2D eigenvalue weighted by molar-refractivity contribution is -0.274. The highest BCUT2D eigenvalue weighted by molar-refractivity contribution is 6.05. The molecule has 2 N–H and O–H groups in total. The fraction of sp³-hybridized carbons (Fsp3) is 0.625. The second kappa shape index (κ2) is 8.77. The third-order valence-electron chi connectivity index (χ3n) is 7.82. The number of carbonyl (C=O) groups excluding carboxylic acids is 3. The first kappa shape index (κ1) is 24.1. The highest BCUT2D eigenvalue weighted by Crippen LogP contribution is 2.40. The van der Waals surface area contributed by atoms with E-state index >= 15 is 0 Å². The Balaban J connectivity index is 1.24. The van der Waals surface area contributed by atoms with Crippen molar-refractivity contribution in [1.82, 2.24) is 15.1 Å². The molecule has 0 aromatic heterocycles. The van der Waals surface area contributed by atoms with Gasteiger partial charge in [-0.2, -0.15) is 13.2 Å². The standard InChI is InChI=1S/C24H28F3N3O5/c25-24(26,27)23(34)8-10-29(11-9-23)17-2-1-3-19(17)35-15-4-5-16-14(12-15)13-30(22(16)33)18-6-7-20(31)28-21(18)32/h4-5,12,17-19,34H,1-3,6-11,13H2,(H,28,31,32)/t17-,18?,19-/m1/s1. The average Bonchev–Trinajstić information content (AvgIpc) is 3.38. The van der Waals surface area contributed by atoms with E-state index in [2.05, 4.69) is 5.32 Å². The molecule has 4 aliphatic rings. The van der Waals surface area contributed by atoms with Crippen molar-refractivity contribution < 1.29 is 37.4 Å². The van der Waals surface area contributed by atoms with E-state index in [1.807, 2.05) is 4.90 Å². The highest BCUT2D eigenvalue weighted by atomic mass is 19.4. The maximum Gasteiger partial charge on any atom is 0.417 e. The highest BCUT2D eigenvalue weighted by Gasteiger charge is 2.55. The summed E-state index contributed by atoms with van der Waals surface area (Å²) < 4.78 is 45.7. The van der Waals surface area contributed by atoms with Crippen molar-refractivity contribution in [3.8, 4) is 5.75 Å². The van der Waals surface area contributed by atoms with Crippen LogP contribution in [0, 0.1) is 0 Å². The number of rotatable bonds is 4. The van der Waals surface area contributed by atoms with Gasteiger partial charge >= 0.3 is 6.18 Å². The minimum absolute atomic E-state index is 0.0392. The average molecular weight is 495 g/mol. The van der Waals surface area contributed by atoms with Gasteiger partial charge in [-0.1, -0.05) is 0 Å². The summed E-state index contributed by atoms with van der Waals surface area (Å²) in [5.41, 5.74) is -1.40. The summed E-state index contributed by atoms with van der Waals surface area (Å²) in [5.74, 6) is -0.492. The van der Waals surface area contributed by atoms with Crippen molar-refractivity contribution in [2.45, 2.75) is 81.5 Å². The summed E-state index contributed by atoms with van der Waals surface area (Å²) in [7, 11) is 0. The Morgan fingerprint density at radius 3 is 2.51 bits per heavy atom. The zero-order chi connectivity index (χ0) is 25.0. The van der Waals surface area contributed by atoms with Gasteiger partial charge in [-0.15, -0.1) is 0 Å². The SMILES string of the molecule is O=C1CCC(N2Cc3cc(O[C@@H]4CCC[C@H]4N4CCC(O)(C(F)(F)F)CC4)ccc3C2=O)C(=O)N1. The summed E-state index contributed by atoms with van der Waals surface area (Å²) in [6.45, 7) is 0.550. The van der Waals surface area contributed by atoms with Crippen LogP contribution in [0.5, 0.6) is 5.75 Å². The van der Waals surface area contributed by atoms with E-state index in [9.17, 15) is 32.7 Å². The molecule has 3 heterocycles. The van der Waals surface area contributed by atoms with Crippen molar-refractivity contribution >= 4 is 17.7 Å². The monoisotopic (exact) mass is 495 g/mol. The Kier molecular flexibility index (Phi) is 6.03. The van der Waals surface area contributed by atoms with Crippen LogP contribution >= 0.6 is 0 Å². The molecule has 3 amide bonds. The number of benzene rings is 1. The van der Waals surface area contributed by atoms with Gasteiger partial charge in [0.2, 0.25) is 11.8 Å². The maximum absolute atomic E-state index is 13.2. The third kappa shape index (κ3) is 4.40. The molecule has 35 heavy (non-hydrogen) atoms. The molecule has 3 aliphatic heterocycles. The molecule has 190 valence electrons. The van der Waals surface area contributed by atoms with Gasteiger partial charge in [-0.25, -0.2) is 0 Å². The number of fused-ring (bicyclic) bond motifs is 1. The summed E-state index contributed by atoms with van der Waals surface area (Å²) >= 11 is 0. The molecule has 1 saturated carbocycles. The number of hydrogen-bond donors (Lipinski definition) is 2. The van der Waals surface area contributed by atoms with Crippen LogP contribution in [0.25, 0.3) is 0 Å². The molecule has 1 aromatic rings. The van der Waals surface area contributed by atoms with Gasteiger partial charge in [-0.3, -0.25) is 24.6 Å². The van der Waals surface area contributed by atoms with Crippen molar-refractivity contribution in [2.24, 2.45) is 0 Å². The molecule has 1 aliphatic carbocycles. The van der Waals surface area contributed by atoms with Crippen LogP contribution in [0.15, 0.2) is 18.2 Å². The molecule has 8 nitrogen and oxygen atoms in total. The number of amides is 3. The number of alkyl halides is 3. The first-order valence-corrected chi connectivity index (χ1v) is 12.0. The van der Waals surface area contributed by atoms with Crippen LogP contribution in [-0.2, 0) is 16.1 Å². The molecule has 1 aromatic carbocycles. The maximum atomic E-state index is 13.2. The first-order valence-electron chi connectivity index (χ1n) is 12.0. The van der Waals surface area contributed by atoms with Gasteiger partial charge in [0.15, 0.2) is 5.60 Å². The van der Waals surface area contributed by atoms with Gasteiger partial charge in [-0.05, 0) is 62.3 Å². The Bertz CT molecular complexity index is 1040. The fourth-order valence-corrected chi connectivity index (χ4v) is 5.77. The number of piperidine rings is 2. The topological polar surface area (TPSA) is 99.2 Å². The Labute approximate surface area is 200 Å². The molecule has 0 spiro atoms. The zero-order valence-corrected chi connectivity index (χ0v) is 19.1. The fourth-order valence-electron chi connectivity index (χ4n) is 5.77. The first-order chi connectivity index (χ1) is 16.6. The predicted molar refractivity (Wildman–Crippen MR) is 116 cm³/mol. The summed E-state index contributed by atoms with van der Waals surface area (Å²) in [4.78, 5) is 40.0. The van der Waals surface area contributed by atoms with Crippen LogP contribution in [0.2, 0.25) is 0 Å². The molecule has 1 unspecified atom stereocenters. The van der Waals surface area contributed by atoms with Gasteiger partial charge in [0, 0.05) is 37.7 Å². The van der Waals surface area contributed by atoms with E-state index in [1.165, 1.54) is 4.90 Å². The van der Waals surface area contributed by atoms with E-state index in [0.717, 1.165) is 24.8 Å². The molecule has 0 bridgehead atoms. The molecule has 2 saturated heterocycles. The molecule has 0 radical (unpaired) electrons. The third-order valence-corrected chi connectivity index (χ3v) is 7.82. The predicted octanol–water partition coefficient (Wildman–Crippen LogP) is 2.14. The lowest BCUT2D eigenvalue weighted by Crippen LogP contribution is -2.56. The quantitative estimate of drug-likeness (QED) is 0.621. The lowest BCUT2D eigenvalue weighted by atomic mass is 9.89. The molecule has 5 rings (SSSR count). The minimum Gasteiger partial charge on any atom is -0.489 e. The number of carbonyl (C=O) groups is 3. The van der Waals surface area contributed by atoms with E-state index in [0.29, 0.717) is 11.3 Å². The van der Waals surface area contributed by atoms with Crippen LogP contribution in [0.4, 0.5) is 13.2 Å². The van der Waals surface area contributed by atoms with Crippen LogP contribution in [0.1, 0.15) is 60.9 Å². The Morgan fingerprint density at radius 1 is 1.09 bits per heavy atom. The molecular formula is C24H28F3N3O5. The minimum atomic E-state index is -4.63. The molecule has 3 fully saturated rings. The smallest absolute Gasteiger partial charge is 0.417 e. The summed E-state index contributed by atoms with van der Waals surface area (Å²) in [6.07, 6.45) is -2.59. The molecular weight excluding hydrogens is 467 g/mol. The molecule has 11 heteroatoms.